The molecule has 2 heterocycles. The van der Waals surface area contributed by atoms with Gasteiger partial charge in [0.25, 0.3) is 0 Å². The number of piperidine rings is 1. The normalized spacial score (nSPS) is 30.0. The third kappa shape index (κ3) is 1.81. The van der Waals surface area contributed by atoms with Gasteiger partial charge in [0.05, 0.1) is 0 Å². The molecule has 2 aliphatic heterocycles. The van der Waals surface area contributed by atoms with Crippen LogP contribution < -0.4 is 4.74 Å². The summed E-state index contributed by atoms with van der Waals surface area (Å²) < 4.78 is 11.9. The molecule has 4 heteroatoms. The number of hydrogen-bond donors (Lipinski definition) is 0. The third-order valence-corrected chi connectivity index (χ3v) is 5.80. The van der Waals surface area contributed by atoms with Gasteiger partial charge in [-0.15, -0.1) is 0 Å². The highest BCUT2D eigenvalue weighted by molar-refractivity contribution is 5.70. The van der Waals surface area contributed by atoms with E-state index in [2.05, 4.69) is 26.0 Å². The molecule has 3 aliphatic rings. The second-order valence-electron chi connectivity index (χ2n) is 8.58. The van der Waals surface area contributed by atoms with Crippen LogP contribution in [0.1, 0.15) is 52.2 Å². The van der Waals surface area contributed by atoms with Crippen LogP contribution in [-0.4, -0.2) is 29.2 Å². The highest BCUT2D eigenvalue weighted by atomic mass is 16.6. The van der Waals surface area contributed by atoms with Crippen LogP contribution in [0.5, 0.6) is 5.75 Å². The molecular weight excluding hydrogens is 290 g/mol. The number of amides is 1. The molecule has 2 bridgehead atoms. The molecule has 1 fully saturated rings. The van der Waals surface area contributed by atoms with E-state index in [9.17, 15) is 4.79 Å². The second kappa shape index (κ2) is 4.22. The SMILES string of the molecule is CC(C)(C)OC(=O)N1CCC23Oc4cccc(c42)CC1C3(C)C. The van der Waals surface area contributed by atoms with Gasteiger partial charge in [0.2, 0.25) is 0 Å². The zero-order valence-corrected chi connectivity index (χ0v) is 14.6. The molecular formula is C19H25NO3. The number of ether oxygens (including phenoxy) is 2. The van der Waals surface area contributed by atoms with Gasteiger partial charge in [0.1, 0.15) is 17.0 Å². The quantitative estimate of drug-likeness (QED) is 0.729. The maximum atomic E-state index is 12.7. The van der Waals surface area contributed by atoms with E-state index in [4.69, 9.17) is 9.47 Å². The van der Waals surface area contributed by atoms with E-state index in [1.165, 1.54) is 11.1 Å². The molecule has 0 aromatic heterocycles. The lowest BCUT2D eigenvalue weighted by molar-refractivity contribution is -0.172. The minimum absolute atomic E-state index is 0.106. The van der Waals surface area contributed by atoms with Crippen molar-refractivity contribution in [3.8, 4) is 5.75 Å². The summed E-state index contributed by atoms with van der Waals surface area (Å²) in [5.41, 5.74) is 1.88. The van der Waals surface area contributed by atoms with Crippen LogP contribution >= 0.6 is 0 Å². The lowest BCUT2D eigenvalue weighted by Crippen LogP contribution is -2.70. The number of carbonyl (C=O) groups excluding carboxylic acids is 1. The topological polar surface area (TPSA) is 38.8 Å². The Morgan fingerprint density at radius 2 is 2.09 bits per heavy atom. The van der Waals surface area contributed by atoms with Crippen molar-refractivity contribution in [2.24, 2.45) is 5.41 Å². The fourth-order valence-corrected chi connectivity index (χ4v) is 4.64. The monoisotopic (exact) mass is 315 g/mol. The number of likely N-dealkylation sites (tertiary alicyclic amines) is 1. The molecule has 2 unspecified atom stereocenters. The Hall–Kier alpha value is -1.71. The van der Waals surface area contributed by atoms with Crippen molar-refractivity contribution < 1.29 is 14.3 Å². The number of hydrogen-bond acceptors (Lipinski definition) is 3. The van der Waals surface area contributed by atoms with Crippen molar-refractivity contribution in [2.45, 2.75) is 64.7 Å². The predicted octanol–water partition coefficient (Wildman–Crippen LogP) is 3.87. The van der Waals surface area contributed by atoms with Crippen LogP contribution in [0, 0.1) is 5.41 Å². The predicted molar refractivity (Wildman–Crippen MR) is 87.6 cm³/mol. The summed E-state index contributed by atoms with van der Waals surface area (Å²) in [5.74, 6) is 1.03. The van der Waals surface area contributed by atoms with E-state index in [1.54, 1.807) is 0 Å². The van der Waals surface area contributed by atoms with Gasteiger partial charge in [-0.3, -0.25) is 0 Å². The van der Waals surface area contributed by atoms with Gasteiger partial charge in [0.15, 0.2) is 0 Å². The van der Waals surface area contributed by atoms with E-state index in [-0.39, 0.29) is 23.2 Å². The van der Waals surface area contributed by atoms with E-state index in [1.807, 2.05) is 31.7 Å². The van der Waals surface area contributed by atoms with Crippen LogP contribution in [0.2, 0.25) is 0 Å². The third-order valence-electron chi connectivity index (χ3n) is 5.80. The highest BCUT2D eigenvalue weighted by Gasteiger charge is 2.66. The van der Waals surface area contributed by atoms with Crippen LogP contribution in [0.4, 0.5) is 4.79 Å². The number of rotatable bonds is 0. The molecule has 23 heavy (non-hydrogen) atoms. The summed E-state index contributed by atoms with van der Waals surface area (Å²) in [7, 11) is 0. The minimum atomic E-state index is -0.469. The molecule has 1 spiro atoms. The molecule has 4 rings (SSSR count). The van der Waals surface area contributed by atoms with Crippen LogP contribution in [0.25, 0.3) is 0 Å². The van der Waals surface area contributed by atoms with Gasteiger partial charge in [0, 0.05) is 30.0 Å². The molecule has 1 saturated heterocycles. The van der Waals surface area contributed by atoms with Gasteiger partial charge in [-0.1, -0.05) is 26.0 Å². The van der Waals surface area contributed by atoms with Crippen molar-refractivity contribution in [2.75, 3.05) is 6.54 Å². The van der Waals surface area contributed by atoms with Crippen molar-refractivity contribution in [1.82, 2.24) is 4.90 Å². The van der Waals surface area contributed by atoms with Gasteiger partial charge in [-0.25, -0.2) is 4.79 Å². The van der Waals surface area contributed by atoms with Crippen molar-refractivity contribution in [1.29, 1.82) is 0 Å². The van der Waals surface area contributed by atoms with Crippen molar-refractivity contribution >= 4 is 6.09 Å². The standard InChI is InChI=1S/C19H25NO3/c1-17(2,3)23-16(21)20-10-9-19-15-12(7-6-8-13(15)22-19)11-14(20)18(19,4)5/h6-8,14H,9-11H2,1-5H3. The Balaban J connectivity index is 1.73. The Morgan fingerprint density at radius 3 is 2.78 bits per heavy atom. The molecule has 0 saturated carbocycles. The number of benzene rings is 1. The van der Waals surface area contributed by atoms with E-state index < -0.39 is 5.60 Å². The maximum Gasteiger partial charge on any atom is 0.410 e. The Morgan fingerprint density at radius 1 is 1.35 bits per heavy atom. The van der Waals surface area contributed by atoms with E-state index >= 15 is 0 Å². The maximum absolute atomic E-state index is 12.7. The summed E-state index contributed by atoms with van der Waals surface area (Å²) >= 11 is 0. The van der Waals surface area contributed by atoms with E-state index in [0.29, 0.717) is 6.54 Å². The zero-order valence-electron chi connectivity index (χ0n) is 14.6. The first kappa shape index (κ1) is 14.9. The molecule has 0 radical (unpaired) electrons. The van der Waals surface area contributed by atoms with Gasteiger partial charge < -0.3 is 14.4 Å². The number of nitrogens with zero attached hydrogens (tertiary/aromatic N) is 1. The Labute approximate surface area is 137 Å². The molecule has 0 N–H and O–H groups in total. The second-order valence-corrected chi connectivity index (χ2v) is 8.58. The number of fused-ring (bicyclic) bond motifs is 1. The van der Waals surface area contributed by atoms with E-state index in [0.717, 1.165) is 18.6 Å². The van der Waals surface area contributed by atoms with Crippen LogP contribution in [-0.2, 0) is 16.8 Å². The van der Waals surface area contributed by atoms with Gasteiger partial charge in [-0.2, -0.15) is 0 Å². The molecule has 1 aromatic carbocycles. The summed E-state index contributed by atoms with van der Waals surface area (Å²) in [6.45, 7) is 10.9. The molecule has 1 aliphatic carbocycles. The fourth-order valence-electron chi connectivity index (χ4n) is 4.64. The minimum Gasteiger partial charge on any atom is -0.481 e. The fraction of sp³-hybridized carbons (Fsp3) is 0.632. The summed E-state index contributed by atoms with van der Waals surface area (Å²) in [6.07, 6.45) is 1.50. The number of carbonyl (C=O) groups is 1. The summed E-state index contributed by atoms with van der Waals surface area (Å²) in [6, 6.07) is 6.39. The zero-order chi connectivity index (χ0) is 16.6. The van der Waals surface area contributed by atoms with Crippen LogP contribution in [0.3, 0.4) is 0 Å². The Kier molecular flexibility index (Phi) is 2.73. The molecule has 4 nitrogen and oxygen atoms in total. The van der Waals surface area contributed by atoms with Crippen molar-refractivity contribution in [3.63, 3.8) is 0 Å². The lowest BCUT2D eigenvalue weighted by atomic mass is 9.54. The van der Waals surface area contributed by atoms with Crippen LogP contribution in [0.15, 0.2) is 18.2 Å². The highest BCUT2D eigenvalue weighted by Crippen LogP contribution is 2.64. The first-order chi connectivity index (χ1) is 10.7. The largest absolute Gasteiger partial charge is 0.481 e. The average Bonchev–Trinajstić information content (AvgIpc) is 2.35. The first-order valence-electron chi connectivity index (χ1n) is 8.47. The Bertz CT molecular complexity index is 688. The first-order valence-corrected chi connectivity index (χ1v) is 8.47. The smallest absolute Gasteiger partial charge is 0.410 e. The van der Waals surface area contributed by atoms with Crippen molar-refractivity contribution in [3.05, 3.63) is 29.3 Å². The molecule has 1 amide bonds. The molecule has 124 valence electrons. The average molecular weight is 315 g/mol. The van der Waals surface area contributed by atoms with Gasteiger partial charge >= 0.3 is 6.09 Å². The van der Waals surface area contributed by atoms with Gasteiger partial charge in [-0.05, 0) is 38.8 Å². The summed E-state index contributed by atoms with van der Waals surface area (Å²) in [5, 5.41) is 0. The molecule has 2 atom stereocenters. The summed E-state index contributed by atoms with van der Waals surface area (Å²) in [4.78, 5) is 14.6. The molecule has 1 aromatic rings. The lowest BCUT2D eigenvalue weighted by Gasteiger charge is -2.64.